The van der Waals surface area contributed by atoms with Crippen molar-refractivity contribution in [2.45, 2.75) is 0 Å². The minimum Gasteiger partial charge on any atom is -0.483 e. The highest BCUT2D eigenvalue weighted by Gasteiger charge is 2.00. The van der Waals surface area contributed by atoms with E-state index in [0.717, 1.165) is 0 Å². The summed E-state index contributed by atoms with van der Waals surface area (Å²) in [5, 5.41) is 10.1. The SMILES string of the molecule is CNc1ccccc1-c1ccccc1.O=CO. The molecule has 0 fully saturated rings. The van der Waals surface area contributed by atoms with E-state index >= 15 is 0 Å². The van der Waals surface area contributed by atoms with Crippen LogP contribution in [0.3, 0.4) is 0 Å². The molecule has 2 aromatic carbocycles. The molecule has 17 heavy (non-hydrogen) atoms. The van der Waals surface area contributed by atoms with E-state index in [9.17, 15) is 0 Å². The van der Waals surface area contributed by atoms with E-state index in [2.05, 4.69) is 47.8 Å². The van der Waals surface area contributed by atoms with Gasteiger partial charge in [0.1, 0.15) is 0 Å². The highest BCUT2D eigenvalue weighted by molar-refractivity contribution is 5.77. The maximum absolute atomic E-state index is 8.36. The zero-order valence-electron chi connectivity index (χ0n) is 9.63. The minimum atomic E-state index is -0.250. The predicted octanol–water partition coefficient (Wildman–Crippen LogP) is 3.10. The molecule has 0 atom stereocenters. The normalized spacial score (nSPS) is 8.76. The zero-order valence-corrected chi connectivity index (χ0v) is 9.63. The van der Waals surface area contributed by atoms with Gasteiger partial charge in [-0.1, -0.05) is 48.5 Å². The van der Waals surface area contributed by atoms with Crippen molar-refractivity contribution in [1.82, 2.24) is 0 Å². The minimum absolute atomic E-state index is 0.250. The first-order valence-electron chi connectivity index (χ1n) is 5.23. The molecular weight excluding hydrogens is 214 g/mol. The van der Waals surface area contributed by atoms with E-state index in [-0.39, 0.29) is 6.47 Å². The van der Waals surface area contributed by atoms with Crippen molar-refractivity contribution >= 4 is 12.2 Å². The second-order valence-electron chi connectivity index (χ2n) is 3.27. The molecular formula is C14H15NO2. The molecule has 3 nitrogen and oxygen atoms in total. The summed E-state index contributed by atoms with van der Waals surface area (Å²) >= 11 is 0. The van der Waals surface area contributed by atoms with Crippen LogP contribution in [0.1, 0.15) is 0 Å². The number of carboxylic acid groups (broad SMARTS) is 1. The van der Waals surface area contributed by atoms with Gasteiger partial charge in [0.25, 0.3) is 6.47 Å². The maximum atomic E-state index is 8.36. The summed E-state index contributed by atoms with van der Waals surface area (Å²) in [5.74, 6) is 0. The van der Waals surface area contributed by atoms with Crippen LogP contribution >= 0.6 is 0 Å². The molecule has 0 aliphatic heterocycles. The molecule has 0 unspecified atom stereocenters. The molecule has 3 heteroatoms. The van der Waals surface area contributed by atoms with Crippen molar-refractivity contribution in [3.05, 3.63) is 54.6 Å². The van der Waals surface area contributed by atoms with E-state index in [1.54, 1.807) is 0 Å². The molecule has 0 aliphatic carbocycles. The zero-order chi connectivity index (χ0) is 12.5. The first-order chi connectivity index (χ1) is 8.33. The Bertz CT molecular complexity index is 455. The summed E-state index contributed by atoms with van der Waals surface area (Å²) in [7, 11) is 1.95. The number of rotatable bonds is 2. The van der Waals surface area contributed by atoms with E-state index in [1.165, 1.54) is 16.8 Å². The van der Waals surface area contributed by atoms with Gasteiger partial charge in [-0.15, -0.1) is 0 Å². The van der Waals surface area contributed by atoms with E-state index in [4.69, 9.17) is 9.90 Å². The Hall–Kier alpha value is -2.29. The Labute approximate surface area is 101 Å². The fraction of sp³-hybridized carbons (Fsp3) is 0.0714. The molecule has 0 amide bonds. The van der Waals surface area contributed by atoms with Crippen LogP contribution in [0.2, 0.25) is 0 Å². The van der Waals surface area contributed by atoms with Crippen molar-refractivity contribution in [1.29, 1.82) is 0 Å². The molecule has 0 bridgehead atoms. The predicted molar refractivity (Wildman–Crippen MR) is 70.1 cm³/mol. The topological polar surface area (TPSA) is 49.3 Å². The van der Waals surface area contributed by atoms with Crippen LogP contribution in [0.15, 0.2) is 54.6 Å². The van der Waals surface area contributed by atoms with Crippen molar-refractivity contribution in [2.24, 2.45) is 0 Å². The molecule has 0 aliphatic rings. The lowest BCUT2D eigenvalue weighted by Gasteiger charge is -2.08. The van der Waals surface area contributed by atoms with Crippen molar-refractivity contribution in [3.63, 3.8) is 0 Å². The monoisotopic (exact) mass is 229 g/mol. The lowest BCUT2D eigenvalue weighted by atomic mass is 10.0. The largest absolute Gasteiger partial charge is 0.483 e. The third-order valence-corrected chi connectivity index (χ3v) is 2.28. The molecule has 88 valence electrons. The molecule has 0 radical (unpaired) electrons. The molecule has 0 saturated heterocycles. The van der Waals surface area contributed by atoms with Crippen LogP contribution in [-0.4, -0.2) is 18.6 Å². The van der Waals surface area contributed by atoms with Gasteiger partial charge >= 0.3 is 0 Å². The summed E-state index contributed by atoms with van der Waals surface area (Å²) in [5.41, 5.74) is 3.66. The van der Waals surface area contributed by atoms with Crippen LogP contribution in [-0.2, 0) is 4.79 Å². The Morgan fingerprint density at radius 3 is 2.12 bits per heavy atom. The molecule has 2 rings (SSSR count). The fourth-order valence-electron chi connectivity index (χ4n) is 1.57. The number of anilines is 1. The molecule has 0 saturated carbocycles. The van der Waals surface area contributed by atoms with E-state index in [0.29, 0.717) is 0 Å². The summed E-state index contributed by atoms with van der Waals surface area (Å²) in [6.45, 7) is -0.250. The lowest BCUT2D eigenvalue weighted by Crippen LogP contribution is -1.90. The van der Waals surface area contributed by atoms with Gasteiger partial charge in [0.15, 0.2) is 0 Å². The van der Waals surface area contributed by atoms with E-state index in [1.807, 2.05) is 19.2 Å². The number of benzene rings is 2. The van der Waals surface area contributed by atoms with Crippen LogP contribution in [0.25, 0.3) is 11.1 Å². The van der Waals surface area contributed by atoms with Gasteiger partial charge in [0.05, 0.1) is 0 Å². The quantitative estimate of drug-likeness (QED) is 0.778. The molecule has 2 aromatic rings. The Morgan fingerprint density at radius 1 is 1.00 bits per heavy atom. The first-order valence-corrected chi connectivity index (χ1v) is 5.23. The molecule has 2 N–H and O–H groups in total. The number of carbonyl (C=O) groups is 1. The summed E-state index contributed by atoms with van der Waals surface area (Å²) < 4.78 is 0. The van der Waals surface area contributed by atoms with Crippen molar-refractivity contribution in [2.75, 3.05) is 12.4 Å². The van der Waals surface area contributed by atoms with Crippen LogP contribution in [0.4, 0.5) is 5.69 Å². The fourth-order valence-corrected chi connectivity index (χ4v) is 1.57. The van der Waals surface area contributed by atoms with Gasteiger partial charge in [-0.05, 0) is 11.6 Å². The highest BCUT2D eigenvalue weighted by atomic mass is 16.3. The molecule has 0 spiro atoms. The Balaban J connectivity index is 0.000000437. The maximum Gasteiger partial charge on any atom is 0.290 e. The lowest BCUT2D eigenvalue weighted by molar-refractivity contribution is -0.122. The second-order valence-corrected chi connectivity index (χ2v) is 3.27. The number of hydrogen-bond donors (Lipinski definition) is 2. The smallest absolute Gasteiger partial charge is 0.290 e. The highest BCUT2D eigenvalue weighted by Crippen LogP contribution is 2.26. The average Bonchev–Trinajstić information content (AvgIpc) is 2.40. The van der Waals surface area contributed by atoms with Gasteiger partial charge in [-0.25, -0.2) is 0 Å². The van der Waals surface area contributed by atoms with Crippen molar-refractivity contribution < 1.29 is 9.90 Å². The molecule has 0 aromatic heterocycles. The standard InChI is InChI=1S/C13H13N.CH2O2/c1-14-13-10-6-5-9-12(13)11-7-3-2-4-8-11;2-1-3/h2-10,14H,1H3;1H,(H,2,3). The number of nitrogens with one attached hydrogen (secondary N) is 1. The number of para-hydroxylation sites is 1. The average molecular weight is 229 g/mol. The summed E-state index contributed by atoms with van der Waals surface area (Å²) in [6.07, 6.45) is 0. The van der Waals surface area contributed by atoms with Gasteiger partial charge in [-0.2, -0.15) is 0 Å². The van der Waals surface area contributed by atoms with Gasteiger partial charge in [0.2, 0.25) is 0 Å². The van der Waals surface area contributed by atoms with Gasteiger partial charge < -0.3 is 10.4 Å². The van der Waals surface area contributed by atoms with Crippen LogP contribution in [0.5, 0.6) is 0 Å². The Morgan fingerprint density at radius 2 is 1.53 bits per heavy atom. The number of hydrogen-bond acceptors (Lipinski definition) is 2. The third kappa shape index (κ3) is 3.65. The van der Waals surface area contributed by atoms with E-state index < -0.39 is 0 Å². The molecule has 0 heterocycles. The van der Waals surface area contributed by atoms with Gasteiger partial charge in [-0.3, -0.25) is 4.79 Å². The second kappa shape index (κ2) is 7.06. The first kappa shape index (κ1) is 12.8. The third-order valence-electron chi connectivity index (χ3n) is 2.28. The van der Waals surface area contributed by atoms with Crippen LogP contribution < -0.4 is 5.32 Å². The van der Waals surface area contributed by atoms with Crippen molar-refractivity contribution in [3.8, 4) is 11.1 Å². The Kier molecular flexibility index (Phi) is 5.31. The van der Waals surface area contributed by atoms with Gasteiger partial charge in [0, 0.05) is 18.3 Å². The van der Waals surface area contributed by atoms with Crippen LogP contribution in [0, 0.1) is 0 Å². The summed E-state index contributed by atoms with van der Waals surface area (Å²) in [6, 6.07) is 18.7. The summed E-state index contributed by atoms with van der Waals surface area (Å²) in [4.78, 5) is 8.36.